The topological polar surface area (TPSA) is 78.9 Å². The highest BCUT2D eigenvalue weighted by molar-refractivity contribution is 5.87. The van der Waals surface area contributed by atoms with Crippen LogP contribution in [0.15, 0.2) is 24.3 Å². The van der Waals surface area contributed by atoms with Crippen LogP contribution in [0.25, 0.3) is 0 Å². The molecule has 0 saturated heterocycles. The van der Waals surface area contributed by atoms with Gasteiger partial charge in [-0.1, -0.05) is 18.2 Å². The third-order valence-corrected chi connectivity index (χ3v) is 3.60. The second-order valence-electron chi connectivity index (χ2n) is 6.59. The Kier molecular flexibility index (Phi) is 7.02. The van der Waals surface area contributed by atoms with E-state index >= 15 is 0 Å². The quantitative estimate of drug-likeness (QED) is 0.747. The normalized spacial score (nSPS) is 13.2. The van der Waals surface area contributed by atoms with Crippen molar-refractivity contribution >= 4 is 12.0 Å². The van der Waals surface area contributed by atoms with Crippen LogP contribution in [0, 0.1) is 0 Å². The molecule has 0 radical (unpaired) electrons. The molecule has 0 aliphatic heterocycles. The van der Waals surface area contributed by atoms with Gasteiger partial charge >= 0.3 is 12.3 Å². The van der Waals surface area contributed by atoms with Crippen molar-refractivity contribution in [1.82, 2.24) is 10.2 Å². The lowest BCUT2D eigenvalue weighted by atomic mass is 9.94. The standard InChI is InChI=1S/C17H23F3N2O4/c1-16(2,3)22(15(24)25)13(14(23)21-9-10-26-4)11-7-5-6-8-12(11)17(18,19)20/h5-8,13H,9-10H2,1-4H3,(H,21,23)(H,24,25). The van der Waals surface area contributed by atoms with Gasteiger partial charge in [0.2, 0.25) is 5.91 Å². The van der Waals surface area contributed by atoms with Gasteiger partial charge in [-0.05, 0) is 32.4 Å². The Morgan fingerprint density at radius 3 is 2.27 bits per heavy atom. The molecule has 0 spiro atoms. The van der Waals surface area contributed by atoms with Crippen molar-refractivity contribution in [3.63, 3.8) is 0 Å². The van der Waals surface area contributed by atoms with E-state index in [-0.39, 0.29) is 13.2 Å². The summed E-state index contributed by atoms with van der Waals surface area (Å²) in [5, 5.41) is 12.0. The van der Waals surface area contributed by atoms with Crippen molar-refractivity contribution in [2.45, 2.75) is 38.5 Å². The largest absolute Gasteiger partial charge is 0.465 e. The smallest absolute Gasteiger partial charge is 0.416 e. The lowest BCUT2D eigenvalue weighted by Crippen LogP contribution is -2.52. The van der Waals surface area contributed by atoms with Crippen LogP contribution in [-0.4, -0.2) is 47.8 Å². The van der Waals surface area contributed by atoms with E-state index < -0.39 is 40.9 Å². The van der Waals surface area contributed by atoms with E-state index in [9.17, 15) is 27.9 Å². The summed E-state index contributed by atoms with van der Waals surface area (Å²) in [6.07, 6.45) is -6.23. The van der Waals surface area contributed by atoms with Gasteiger partial charge < -0.3 is 15.2 Å². The molecule has 146 valence electrons. The minimum absolute atomic E-state index is 0.0393. The van der Waals surface area contributed by atoms with Gasteiger partial charge in [0.1, 0.15) is 6.04 Å². The van der Waals surface area contributed by atoms with Crippen molar-refractivity contribution in [3.8, 4) is 0 Å². The molecule has 2 N–H and O–H groups in total. The van der Waals surface area contributed by atoms with Crippen LogP contribution >= 0.6 is 0 Å². The second kappa shape index (κ2) is 8.39. The van der Waals surface area contributed by atoms with Crippen LogP contribution in [-0.2, 0) is 15.7 Å². The highest BCUT2D eigenvalue weighted by Gasteiger charge is 2.43. The number of nitrogens with zero attached hydrogens (tertiary/aromatic N) is 1. The molecule has 1 aromatic carbocycles. The Labute approximate surface area is 149 Å². The summed E-state index contributed by atoms with van der Waals surface area (Å²) in [4.78, 5) is 25.2. The van der Waals surface area contributed by atoms with E-state index in [1.165, 1.54) is 40.0 Å². The summed E-state index contributed by atoms with van der Waals surface area (Å²) >= 11 is 0. The number of halogens is 3. The van der Waals surface area contributed by atoms with Crippen LogP contribution in [0.4, 0.5) is 18.0 Å². The van der Waals surface area contributed by atoms with Gasteiger partial charge in [-0.15, -0.1) is 0 Å². The number of carboxylic acid groups (broad SMARTS) is 1. The molecule has 1 atom stereocenters. The Morgan fingerprint density at radius 2 is 1.81 bits per heavy atom. The Bertz CT molecular complexity index is 642. The van der Waals surface area contributed by atoms with Crippen LogP contribution in [0.2, 0.25) is 0 Å². The molecule has 6 nitrogen and oxygen atoms in total. The van der Waals surface area contributed by atoms with Crippen molar-refractivity contribution in [3.05, 3.63) is 35.4 Å². The van der Waals surface area contributed by atoms with E-state index in [4.69, 9.17) is 4.74 Å². The molecular weight excluding hydrogens is 353 g/mol. The maximum atomic E-state index is 13.4. The van der Waals surface area contributed by atoms with E-state index in [1.807, 2.05) is 0 Å². The Morgan fingerprint density at radius 1 is 1.23 bits per heavy atom. The van der Waals surface area contributed by atoms with Crippen molar-refractivity contribution in [2.75, 3.05) is 20.3 Å². The fourth-order valence-corrected chi connectivity index (χ4v) is 2.55. The third kappa shape index (κ3) is 5.35. The SMILES string of the molecule is COCCNC(=O)C(c1ccccc1C(F)(F)F)N(C(=O)O)C(C)(C)C. The number of hydrogen-bond donors (Lipinski definition) is 2. The maximum absolute atomic E-state index is 13.4. The molecule has 0 heterocycles. The molecule has 1 rings (SSSR count). The lowest BCUT2D eigenvalue weighted by molar-refractivity contribution is -0.140. The molecule has 9 heteroatoms. The van der Waals surface area contributed by atoms with Gasteiger partial charge in [0.05, 0.1) is 12.2 Å². The molecule has 0 aliphatic carbocycles. The first-order valence-electron chi connectivity index (χ1n) is 7.86. The summed E-state index contributed by atoms with van der Waals surface area (Å²) in [6.45, 7) is 4.70. The highest BCUT2D eigenvalue weighted by Crippen LogP contribution is 2.38. The van der Waals surface area contributed by atoms with Gasteiger partial charge in [0, 0.05) is 19.2 Å². The lowest BCUT2D eigenvalue weighted by Gasteiger charge is -2.39. The Hall–Kier alpha value is -2.29. The number of carbonyl (C=O) groups is 2. The molecule has 0 aliphatic rings. The highest BCUT2D eigenvalue weighted by atomic mass is 19.4. The van der Waals surface area contributed by atoms with Crippen molar-refractivity contribution in [1.29, 1.82) is 0 Å². The number of amides is 2. The molecule has 1 aromatic rings. The zero-order valence-electron chi connectivity index (χ0n) is 15.1. The summed E-state index contributed by atoms with van der Waals surface area (Å²) in [5.74, 6) is -0.851. The molecular formula is C17H23F3N2O4. The molecule has 0 aromatic heterocycles. The van der Waals surface area contributed by atoms with Crippen molar-refractivity contribution < 1.29 is 32.6 Å². The van der Waals surface area contributed by atoms with Crippen LogP contribution < -0.4 is 5.32 Å². The Balaban J connectivity index is 3.51. The van der Waals surface area contributed by atoms with E-state index in [1.54, 1.807) is 0 Å². The monoisotopic (exact) mass is 376 g/mol. The summed E-state index contributed by atoms with van der Waals surface area (Å²) in [6, 6.07) is 2.80. The van der Waals surface area contributed by atoms with Crippen LogP contribution in [0.1, 0.15) is 37.9 Å². The number of hydrogen-bond acceptors (Lipinski definition) is 3. The molecule has 0 bridgehead atoms. The summed E-state index contributed by atoms with van der Waals surface area (Å²) < 4.78 is 45.1. The molecule has 1 unspecified atom stereocenters. The predicted molar refractivity (Wildman–Crippen MR) is 88.7 cm³/mol. The van der Waals surface area contributed by atoms with E-state index in [2.05, 4.69) is 5.32 Å². The van der Waals surface area contributed by atoms with E-state index in [0.29, 0.717) is 0 Å². The fraction of sp³-hybridized carbons (Fsp3) is 0.529. The summed E-state index contributed by atoms with van der Waals surface area (Å²) in [7, 11) is 1.40. The van der Waals surface area contributed by atoms with Gasteiger partial charge in [0.25, 0.3) is 0 Å². The minimum atomic E-state index is -4.73. The zero-order valence-corrected chi connectivity index (χ0v) is 15.1. The van der Waals surface area contributed by atoms with Gasteiger partial charge in [-0.2, -0.15) is 13.2 Å². The van der Waals surface area contributed by atoms with Crippen LogP contribution in [0.5, 0.6) is 0 Å². The average Bonchev–Trinajstić information content (AvgIpc) is 2.50. The molecule has 2 amide bonds. The molecule has 26 heavy (non-hydrogen) atoms. The zero-order chi connectivity index (χ0) is 20.1. The first kappa shape index (κ1) is 21.8. The van der Waals surface area contributed by atoms with Gasteiger partial charge in [-0.3, -0.25) is 9.69 Å². The number of rotatable bonds is 6. The molecule has 0 saturated carbocycles. The third-order valence-electron chi connectivity index (χ3n) is 3.60. The van der Waals surface area contributed by atoms with Gasteiger partial charge in [-0.25, -0.2) is 4.79 Å². The minimum Gasteiger partial charge on any atom is -0.465 e. The number of ether oxygens (including phenoxy) is 1. The molecule has 0 fully saturated rings. The number of benzene rings is 1. The van der Waals surface area contributed by atoms with Gasteiger partial charge in [0.15, 0.2) is 0 Å². The summed E-state index contributed by atoms with van der Waals surface area (Å²) in [5.41, 5.74) is -2.59. The first-order chi connectivity index (χ1) is 11.9. The predicted octanol–water partition coefficient (Wildman–Crippen LogP) is 3.29. The average molecular weight is 376 g/mol. The number of methoxy groups -OCH3 is 1. The maximum Gasteiger partial charge on any atom is 0.416 e. The van der Waals surface area contributed by atoms with E-state index in [0.717, 1.165) is 17.0 Å². The fourth-order valence-electron chi connectivity index (χ4n) is 2.55. The number of nitrogens with one attached hydrogen (secondary N) is 1. The number of alkyl halides is 3. The number of carbonyl (C=O) groups excluding carboxylic acids is 1. The van der Waals surface area contributed by atoms with Crippen molar-refractivity contribution in [2.24, 2.45) is 0 Å². The first-order valence-corrected chi connectivity index (χ1v) is 7.86. The van der Waals surface area contributed by atoms with Crippen LogP contribution in [0.3, 0.4) is 0 Å². The second-order valence-corrected chi connectivity index (χ2v) is 6.59.